The van der Waals surface area contributed by atoms with Gasteiger partial charge in [-0.05, 0) is 32.4 Å². The van der Waals surface area contributed by atoms with E-state index in [2.05, 4.69) is 10.6 Å². The highest BCUT2D eigenvalue weighted by Crippen LogP contribution is 2.29. The lowest BCUT2D eigenvalue weighted by Gasteiger charge is -2.08. The number of amides is 1. The number of hydrogen-bond donors (Lipinski definition) is 2. The van der Waals surface area contributed by atoms with Crippen LogP contribution in [0.2, 0.25) is 10.0 Å². The third-order valence-corrected chi connectivity index (χ3v) is 3.55. The van der Waals surface area contributed by atoms with Crippen LogP contribution in [-0.2, 0) is 9.53 Å². The van der Waals surface area contributed by atoms with Crippen LogP contribution < -0.4 is 10.6 Å². The third-order valence-electron chi connectivity index (χ3n) is 2.73. The van der Waals surface area contributed by atoms with Gasteiger partial charge in [-0.1, -0.05) is 29.3 Å². The van der Waals surface area contributed by atoms with Gasteiger partial charge in [-0.25, -0.2) is 0 Å². The Hall–Kier alpha value is -1.74. The summed E-state index contributed by atoms with van der Waals surface area (Å²) in [7, 11) is 0. The van der Waals surface area contributed by atoms with Gasteiger partial charge in [0.15, 0.2) is 0 Å². The SMILES string of the molecule is CC(C)OCCCN/C=C(/C#N)C(=O)Nc1cccc(Cl)c1Cl. The zero-order valence-corrected chi connectivity index (χ0v) is 14.5. The van der Waals surface area contributed by atoms with Crippen molar-refractivity contribution in [2.75, 3.05) is 18.5 Å². The van der Waals surface area contributed by atoms with Gasteiger partial charge in [0.2, 0.25) is 0 Å². The zero-order valence-electron chi connectivity index (χ0n) is 13.0. The van der Waals surface area contributed by atoms with Crippen molar-refractivity contribution in [1.82, 2.24) is 5.32 Å². The molecule has 2 N–H and O–H groups in total. The fourth-order valence-electron chi connectivity index (χ4n) is 1.61. The summed E-state index contributed by atoms with van der Waals surface area (Å²) in [6, 6.07) is 6.73. The Kier molecular flexibility index (Phi) is 8.49. The summed E-state index contributed by atoms with van der Waals surface area (Å²) in [6.45, 7) is 5.15. The Morgan fingerprint density at radius 2 is 2.17 bits per heavy atom. The van der Waals surface area contributed by atoms with Gasteiger partial charge in [-0.15, -0.1) is 0 Å². The molecule has 0 atom stereocenters. The van der Waals surface area contributed by atoms with E-state index in [-0.39, 0.29) is 16.7 Å². The molecule has 7 heteroatoms. The average Bonchev–Trinajstić information content (AvgIpc) is 2.50. The van der Waals surface area contributed by atoms with Gasteiger partial charge in [-0.2, -0.15) is 5.26 Å². The van der Waals surface area contributed by atoms with Gasteiger partial charge in [0.05, 0.1) is 21.8 Å². The second kappa shape index (κ2) is 10.1. The highest BCUT2D eigenvalue weighted by Gasteiger charge is 2.12. The number of halogens is 2. The van der Waals surface area contributed by atoms with Crippen molar-refractivity contribution >= 4 is 34.8 Å². The van der Waals surface area contributed by atoms with Gasteiger partial charge in [-0.3, -0.25) is 4.79 Å². The predicted molar refractivity (Wildman–Crippen MR) is 92.5 cm³/mol. The lowest BCUT2D eigenvalue weighted by Crippen LogP contribution is -2.18. The molecular formula is C16H19Cl2N3O2. The zero-order chi connectivity index (χ0) is 17.2. The quantitative estimate of drug-likeness (QED) is 0.423. The summed E-state index contributed by atoms with van der Waals surface area (Å²) in [4.78, 5) is 12.0. The predicted octanol–water partition coefficient (Wildman–Crippen LogP) is 3.74. The molecule has 0 aliphatic carbocycles. The van der Waals surface area contributed by atoms with Crippen molar-refractivity contribution in [2.24, 2.45) is 0 Å². The van der Waals surface area contributed by atoms with Crippen LogP contribution in [0.4, 0.5) is 5.69 Å². The first-order chi connectivity index (χ1) is 11.0. The number of benzene rings is 1. The Morgan fingerprint density at radius 1 is 1.43 bits per heavy atom. The van der Waals surface area contributed by atoms with E-state index in [0.717, 1.165) is 6.42 Å². The van der Waals surface area contributed by atoms with Crippen LogP contribution in [0.3, 0.4) is 0 Å². The van der Waals surface area contributed by atoms with Crippen molar-refractivity contribution in [1.29, 1.82) is 5.26 Å². The number of nitrogens with one attached hydrogen (secondary N) is 2. The molecule has 0 saturated heterocycles. The van der Waals surface area contributed by atoms with Gasteiger partial charge < -0.3 is 15.4 Å². The summed E-state index contributed by atoms with van der Waals surface area (Å²) in [6.07, 6.45) is 2.34. The Labute approximate surface area is 146 Å². The molecule has 1 aromatic rings. The van der Waals surface area contributed by atoms with Crippen LogP contribution in [0.15, 0.2) is 30.0 Å². The first-order valence-electron chi connectivity index (χ1n) is 7.16. The van der Waals surface area contributed by atoms with Crippen LogP contribution >= 0.6 is 23.2 Å². The molecule has 0 bridgehead atoms. The summed E-state index contributed by atoms with van der Waals surface area (Å²) in [5.41, 5.74) is 0.307. The molecule has 1 rings (SSSR count). The molecule has 23 heavy (non-hydrogen) atoms. The molecule has 0 unspecified atom stereocenters. The standard InChI is InChI=1S/C16H19Cl2N3O2/c1-11(2)23-8-4-7-20-10-12(9-19)16(22)21-14-6-3-5-13(17)15(14)18/h3,5-6,10-11,20H,4,7-8H2,1-2H3,(H,21,22)/b12-10-. The maximum Gasteiger partial charge on any atom is 0.267 e. The number of hydrogen-bond acceptors (Lipinski definition) is 4. The van der Waals surface area contributed by atoms with Gasteiger partial charge in [0.1, 0.15) is 11.6 Å². The maximum atomic E-state index is 12.0. The normalized spacial score (nSPS) is 11.2. The summed E-state index contributed by atoms with van der Waals surface area (Å²) < 4.78 is 5.39. The number of nitrogens with zero attached hydrogens (tertiary/aromatic N) is 1. The first kappa shape index (κ1) is 19.3. The van der Waals surface area contributed by atoms with Crippen LogP contribution in [-0.4, -0.2) is 25.2 Å². The lowest BCUT2D eigenvalue weighted by molar-refractivity contribution is -0.112. The Balaban J connectivity index is 2.53. The van der Waals surface area contributed by atoms with Crippen LogP contribution in [0.25, 0.3) is 0 Å². The van der Waals surface area contributed by atoms with E-state index in [1.165, 1.54) is 6.20 Å². The number of nitriles is 1. The van der Waals surface area contributed by atoms with E-state index < -0.39 is 5.91 Å². The average molecular weight is 356 g/mol. The largest absolute Gasteiger partial charge is 0.390 e. The molecule has 5 nitrogen and oxygen atoms in total. The van der Waals surface area contributed by atoms with Crippen LogP contribution in [0.5, 0.6) is 0 Å². The Bertz CT molecular complexity index is 610. The Morgan fingerprint density at radius 3 is 2.83 bits per heavy atom. The fraction of sp³-hybridized carbons (Fsp3) is 0.375. The number of carbonyl (C=O) groups excluding carboxylic acids is 1. The van der Waals surface area contributed by atoms with Gasteiger partial charge >= 0.3 is 0 Å². The van der Waals surface area contributed by atoms with Crippen molar-refractivity contribution in [3.05, 3.63) is 40.0 Å². The molecule has 124 valence electrons. The number of anilines is 1. The molecule has 0 aliphatic rings. The van der Waals surface area contributed by atoms with E-state index in [1.807, 2.05) is 19.9 Å². The minimum atomic E-state index is -0.553. The molecule has 0 radical (unpaired) electrons. The molecule has 0 fully saturated rings. The highest BCUT2D eigenvalue weighted by molar-refractivity contribution is 6.44. The minimum absolute atomic E-state index is 0.0502. The summed E-state index contributed by atoms with van der Waals surface area (Å²) in [5.74, 6) is -0.553. The molecule has 0 aromatic heterocycles. The second-order valence-corrected chi connectivity index (χ2v) is 5.74. The van der Waals surface area contributed by atoms with Crippen LogP contribution in [0, 0.1) is 11.3 Å². The fourth-order valence-corrected chi connectivity index (χ4v) is 1.95. The topological polar surface area (TPSA) is 74.1 Å². The molecular weight excluding hydrogens is 337 g/mol. The van der Waals surface area contributed by atoms with Crippen LogP contribution in [0.1, 0.15) is 20.3 Å². The molecule has 0 aliphatic heterocycles. The maximum absolute atomic E-state index is 12.0. The summed E-state index contributed by atoms with van der Waals surface area (Å²) in [5, 5.41) is 15.1. The molecule has 0 heterocycles. The smallest absolute Gasteiger partial charge is 0.267 e. The molecule has 0 saturated carbocycles. The lowest BCUT2D eigenvalue weighted by atomic mass is 10.2. The van der Waals surface area contributed by atoms with E-state index >= 15 is 0 Å². The van der Waals surface area contributed by atoms with Gasteiger partial charge in [0.25, 0.3) is 5.91 Å². The second-order valence-electron chi connectivity index (χ2n) is 4.95. The highest BCUT2D eigenvalue weighted by atomic mass is 35.5. The number of ether oxygens (including phenoxy) is 1. The van der Waals surface area contributed by atoms with E-state index in [0.29, 0.717) is 23.9 Å². The van der Waals surface area contributed by atoms with Gasteiger partial charge in [0, 0.05) is 19.4 Å². The molecule has 1 amide bonds. The molecule has 1 aromatic carbocycles. The van der Waals surface area contributed by atoms with Crippen molar-refractivity contribution in [3.8, 4) is 6.07 Å². The van der Waals surface area contributed by atoms with E-state index in [9.17, 15) is 4.79 Å². The first-order valence-corrected chi connectivity index (χ1v) is 7.92. The number of rotatable bonds is 8. The monoisotopic (exact) mass is 355 g/mol. The molecule has 0 spiro atoms. The van der Waals surface area contributed by atoms with Crippen molar-refractivity contribution in [2.45, 2.75) is 26.4 Å². The number of carbonyl (C=O) groups is 1. The third kappa shape index (κ3) is 6.91. The van der Waals surface area contributed by atoms with Crippen molar-refractivity contribution in [3.63, 3.8) is 0 Å². The summed E-state index contributed by atoms with van der Waals surface area (Å²) >= 11 is 11.9. The van der Waals surface area contributed by atoms with Crippen molar-refractivity contribution < 1.29 is 9.53 Å². The van der Waals surface area contributed by atoms with E-state index in [4.69, 9.17) is 33.2 Å². The van der Waals surface area contributed by atoms with E-state index in [1.54, 1.807) is 18.2 Å². The minimum Gasteiger partial charge on any atom is -0.390 e.